The van der Waals surface area contributed by atoms with E-state index in [9.17, 15) is 9.59 Å². The van der Waals surface area contributed by atoms with Crippen LogP contribution in [-0.2, 0) is 11.3 Å². The van der Waals surface area contributed by atoms with E-state index in [-0.39, 0.29) is 5.91 Å². The van der Waals surface area contributed by atoms with Crippen molar-refractivity contribution in [1.29, 1.82) is 0 Å². The third kappa shape index (κ3) is 4.29. The molecule has 34 heavy (non-hydrogen) atoms. The Morgan fingerprint density at radius 3 is 2.62 bits per heavy atom. The summed E-state index contributed by atoms with van der Waals surface area (Å²) in [4.78, 5) is 28.3. The van der Waals surface area contributed by atoms with Gasteiger partial charge in [-0.3, -0.25) is 9.59 Å². The average molecular weight is 451 g/mol. The average Bonchev–Trinajstić information content (AvgIpc) is 3.52. The summed E-state index contributed by atoms with van der Waals surface area (Å²) in [7, 11) is 0. The molecule has 4 N–H and O–H groups in total. The van der Waals surface area contributed by atoms with Crippen molar-refractivity contribution in [3.05, 3.63) is 108 Å². The van der Waals surface area contributed by atoms with Gasteiger partial charge in [-0.1, -0.05) is 59.8 Å². The molecule has 5 rings (SSSR count). The Hall–Kier alpha value is -4.72. The zero-order chi connectivity index (χ0) is 23.5. The molecule has 0 bridgehead atoms. The zero-order valence-electron chi connectivity index (χ0n) is 18.2. The highest BCUT2D eigenvalue weighted by atomic mass is 16.2. The van der Waals surface area contributed by atoms with Crippen molar-refractivity contribution < 1.29 is 9.59 Å². The first-order valence-corrected chi connectivity index (χ1v) is 10.8. The molecule has 0 saturated carbocycles. The molecule has 5 aromatic rings. The second-order valence-electron chi connectivity index (χ2n) is 7.96. The Bertz CT molecular complexity index is 1470. The number of primary amides is 1. The van der Waals surface area contributed by atoms with Gasteiger partial charge >= 0.3 is 0 Å². The third-order valence-corrected chi connectivity index (χ3v) is 5.67. The van der Waals surface area contributed by atoms with E-state index in [0.29, 0.717) is 17.7 Å². The van der Waals surface area contributed by atoms with Gasteiger partial charge in [0.25, 0.3) is 5.91 Å². The normalized spacial score (nSPS) is 11.9. The molecule has 8 nitrogen and oxygen atoms in total. The van der Waals surface area contributed by atoms with E-state index >= 15 is 0 Å². The van der Waals surface area contributed by atoms with Crippen molar-refractivity contribution in [3.8, 4) is 11.3 Å². The molecule has 168 valence electrons. The molecular weight excluding hydrogens is 428 g/mol. The van der Waals surface area contributed by atoms with E-state index in [1.807, 2.05) is 48.8 Å². The number of rotatable bonds is 7. The van der Waals surface area contributed by atoms with Gasteiger partial charge in [-0.15, -0.1) is 5.10 Å². The maximum Gasteiger partial charge on any atom is 0.252 e. The molecule has 0 saturated heterocycles. The van der Waals surface area contributed by atoms with E-state index in [2.05, 4.69) is 26.7 Å². The first kappa shape index (κ1) is 21.1. The second kappa shape index (κ2) is 9.03. The van der Waals surface area contributed by atoms with Crippen LogP contribution in [-0.4, -0.2) is 31.8 Å². The first-order valence-electron chi connectivity index (χ1n) is 10.8. The molecule has 2 amide bonds. The van der Waals surface area contributed by atoms with Crippen LogP contribution in [0.2, 0.25) is 0 Å². The molecule has 3 aromatic carbocycles. The summed E-state index contributed by atoms with van der Waals surface area (Å²) in [5.41, 5.74) is 10.1. The monoisotopic (exact) mass is 450 g/mol. The Labute approximate surface area is 195 Å². The van der Waals surface area contributed by atoms with Gasteiger partial charge < -0.3 is 16.0 Å². The van der Waals surface area contributed by atoms with Crippen LogP contribution in [0.15, 0.2) is 91.3 Å². The lowest BCUT2D eigenvalue weighted by Gasteiger charge is -2.17. The maximum atomic E-state index is 13.1. The van der Waals surface area contributed by atoms with E-state index in [1.54, 1.807) is 41.1 Å². The summed E-state index contributed by atoms with van der Waals surface area (Å²) in [5, 5.41) is 12.4. The Morgan fingerprint density at radius 2 is 1.79 bits per heavy atom. The van der Waals surface area contributed by atoms with Crippen molar-refractivity contribution in [2.75, 3.05) is 0 Å². The second-order valence-corrected chi connectivity index (χ2v) is 7.96. The van der Waals surface area contributed by atoms with Crippen molar-refractivity contribution in [2.24, 2.45) is 5.73 Å². The molecule has 1 atom stereocenters. The van der Waals surface area contributed by atoms with Crippen LogP contribution in [0.5, 0.6) is 0 Å². The number of aromatic amines is 1. The van der Waals surface area contributed by atoms with Gasteiger partial charge in [0.1, 0.15) is 11.7 Å². The van der Waals surface area contributed by atoms with Crippen molar-refractivity contribution in [3.63, 3.8) is 0 Å². The Morgan fingerprint density at radius 1 is 1.00 bits per heavy atom. The fourth-order valence-corrected chi connectivity index (χ4v) is 3.95. The number of carbonyl (C=O) groups excluding carboxylic acids is 2. The summed E-state index contributed by atoms with van der Waals surface area (Å²) >= 11 is 0. The fraction of sp³-hybridized carbons (Fsp3) is 0.0769. The molecular formula is C26H22N6O2. The molecule has 0 spiro atoms. The van der Waals surface area contributed by atoms with Gasteiger partial charge in [-0.05, 0) is 35.4 Å². The molecule has 8 heteroatoms. The minimum atomic E-state index is -0.928. The van der Waals surface area contributed by atoms with Gasteiger partial charge in [-0.25, -0.2) is 4.68 Å². The Kier molecular flexibility index (Phi) is 5.61. The minimum absolute atomic E-state index is 0.343. The number of nitrogens with zero attached hydrogens (tertiary/aromatic N) is 3. The highest BCUT2D eigenvalue weighted by molar-refractivity contribution is 5.98. The number of hydrogen-bond acceptors (Lipinski definition) is 4. The standard InChI is InChI=1S/C26H22N6O2/c27-25(33)24(17-6-2-1-3-7-17)29-26(34)21-9-5-4-8-20(21)15-32-16-23(30-31-32)18-10-11-22-19(14-18)12-13-28-22/h1-14,16,24,28H,15H2,(H2,27,33)(H,29,34). The predicted molar refractivity (Wildman–Crippen MR) is 129 cm³/mol. The number of nitrogens with two attached hydrogens (primary N) is 1. The van der Waals surface area contributed by atoms with Crippen LogP contribution in [0, 0.1) is 0 Å². The number of carbonyl (C=O) groups is 2. The lowest BCUT2D eigenvalue weighted by atomic mass is 10.0. The molecule has 1 unspecified atom stereocenters. The molecule has 0 aliphatic heterocycles. The number of amides is 2. The van der Waals surface area contributed by atoms with Crippen LogP contribution in [0.25, 0.3) is 22.2 Å². The molecule has 2 heterocycles. The van der Waals surface area contributed by atoms with Crippen LogP contribution in [0.4, 0.5) is 0 Å². The number of nitrogens with one attached hydrogen (secondary N) is 2. The summed E-state index contributed by atoms with van der Waals surface area (Å²) in [6, 6.07) is 23.2. The zero-order valence-corrected chi connectivity index (χ0v) is 18.2. The number of aromatic nitrogens is 4. The number of H-pyrrole nitrogens is 1. The minimum Gasteiger partial charge on any atom is -0.368 e. The molecule has 0 radical (unpaired) electrons. The predicted octanol–water partition coefficient (Wildman–Crippen LogP) is 3.43. The first-order chi connectivity index (χ1) is 16.6. The number of hydrogen-bond donors (Lipinski definition) is 3. The molecule has 0 fully saturated rings. The van der Waals surface area contributed by atoms with Gasteiger partial charge in [0.05, 0.1) is 12.7 Å². The van der Waals surface area contributed by atoms with E-state index < -0.39 is 11.9 Å². The topological polar surface area (TPSA) is 119 Å². The number of fused-ring (bicyclic) bond motifs is 1. The Balaban J connectivity index is 1.37. The van der Waals surface area contributed by atoms with Crippen molar-refractivity contribution in [2.45, 2.75) is 12.6 Å². The molecule has 0 aliphatic carbocycles. The van der Waals surface area contributed by atoms with Gasteiger partial charge in [0.15, 0.2) is 0 Å². The van der Waals surface area contributed by atoms with Crippen LogP contribution >= 0.6 is 0 Å². The smallest absolute Gasteiger partial charge is 0.252 e. The lowest BCUT2D eigenvalue weighted by molar-refractivity contribution is -0.120. The summed E-state index contributed by atoms with van der Waals surface area (Å²) in [6.45, 7) is 0.343. The maximum absolute atomic E-state index is 13.1. The van der Waals surface area contributed by atoms with Crippen molar-refractivity contribution >= 4 is 22.7 Å². The van der Waals surface area contributed by atoms with Gasteiger partial charge in [0, 0.05) is 28.2 Å². The highest BCUT2D eigenvalue weighted by Crippen LogP contribution is 2.22. The molecule has 2 aromatic heterocycles. The van der Waals surface area contributed by atoms with E-state index in [1.165, 1.54) is 0 Å². The largest absolute Gasteiger partial charge is 0.368 e. The van der Waals surface area contributed by atoms with Crippen molar-refractivity contribution in [1.82, 2.24) is 25.3 Å². The summed E-state index contributed by atoms with van der Waals surface area (Å²) < 4.78 is 1.69. The third-order valence-electron chi connectivity index (χ3n) is 5.67. The van der Waals surface area contributed by atoms with Crippen LogP contribution in [0.3, 0.4) is 0 Å². The van der Waals surface area contributed by atoms with Crippen LogP contribution in [0.1, 0.15) is 27.5 Å². The van der Waals surface area contributed by atoms with Gasteiger partial charge in [-0.2, -0.15) is 0 Å². The van der Waals surface area contributed by atoms with Crippen LogP contribution < -0.4 is 11.1 Å². The molecule has 0 aliphatic rings. The van der Waals surface area contributed by atoms with E-state index in [0.717, 1.165) is 27.7 Å². The quantitative estimate of drug-likeness (QED) is 0.352. The van der Waals surface area contributed by atoms with E-state index in [4.69, 9.17) is 5.73 Å². The highest BCUT2D eigenvalue weighted by Gasteiger charge is 2.22. The number of benzene rings is 3. The summed E-state index contributed by atoms with van der Waals surface area (Å²) in [6.07, 6.45) is 3.74. The fourth-order valence-electron chi connectivity index (χ4n) is 3.95. The van der Waals surface area contributed by atoms with Gasteiger partial charge in [0.2, 0.25) is 5.91 Å². The SMILES string of the molecule is NC(=O)C(NC(=O)c1ccccc1Cn1cc(-c2ccc3[nH]ccc3c2)nn1)c1ccccc1. The summed E-state index contributed by atoms with van der Waals surface area (Å²) in [5.74, 6) is -1.01. The lowest BCUT2D eigenvalue weighted by Crippen LogP contribution is -2.37.